The van der Waals surface area contributed by atoms with Gasteiger partial charge in [0.1, 0.15) is 24.7 Å². The molecule has 1 aromatic rings. The van der Waals surface area contributed by atoms with Gasteiger partial charge in [0.2, 0.25) is 0 Å². The molecule has 0 radical (unpaired) electrons. The van der Waals surface area contributed by atoms with Crippen LogP contribution in [0.2, 0.25) is 0 Å². The van der Waals surface area contributed by atoms with Gasteiger partial charge >= 0.3 is 6.09 Å². The number of aliphatic hydroxyl groups excluding tert-OH is 1. The third-order valence-corrected chi connectivity index (χ3v) is 2.23. The zero-order chi connectivity index (χ0) is 15.0. The minimum absolute atomic E-state index is 0.0194. The summed E-state index contributed by atoms with van der Waals surface area (Å²) in [5.74, 6) is 0.464. The second kappa shape index (κ2) is 8.18. The SMILES string of the molecule is O=C(OCCCl)N(c1ccc(OCCO)cc1)[N+](=O)[O-]. The van der Waals surface area contributed by atoms with E-state index >= 15 is 0 Å². The largest absolute Gasteiger partial charge is 0.491 e. The Bertz CT molecular complexity index is 453. The number of nitrogens with zero attached hydrogens (tertiary/aromatic N) is 2. The quantitative estimate of drug-likeness (QED) is 0.464. The van der Waals surface area contributed by atoms with E-state index in [-0.39, 0.29) is 36.4 Å². The molecule has 1 amide bonds. The van der Waals surface area contributed by atoms with E-state index in [4.69, 9.17) is 21.4 Å². The van der Waals surface area contributed by atoms with E-state index in [2.05, 4.69) is 4.74 Å². The van der Waals surface area contributed by atoms with Crippen LogP contribution in [0, 0.1) is 10.1 Å². The van der Waals surface area contributed by atoms with Crippen LogP contribution in [0.15, 0.2) is 24.3 Å². The predicted molar refractivity (Wildman–Crippen MR) is 70.6 cm³/mol. The molecule has 110 valence electrons. The molecule has 0 aromatic heterocycles. The molecule has 8 nitrogen and oxygen atoms in total. The molecular formula is C11H13ClN2O6. The van der Waals surface area contributed by atoms with Crippen LogP contribution in [0.4, 0.5) is 10.5 Å². The van der Waals surface area contributed by atoms with Crippen molar-refractivity contribution < 1.29 is 24.4 Å². The number of carbonyl (C=O) groups excluding carboxylic acids is 1. The number of amides is 1. The molecule has 0 saturated carbocycles. The fourth-order valence-corrected chi connectivity index (χ4v) is 1.38. The number of ether oxygens (including phenoxy) is 2. The average Bonchev–Trinajstić information content (AvgIpc) is 2.44. The number of anilines is 1. The van der Waals surface area contributed by atoms with Gasteiger partial charge in [0.05, 0.1) is 12.5 Å². The van der Waals surface area contributed by atoms with Gasteiger partial charge in [-0.2, -0.15) is 0 Å². The number of carbonyl (C=O) groups is 1. The van der Waals surface area contributed by atoms with Crippen LogP contribution in [0.25, 0.3) is 0 Å². The van der Waals surface area contributed by atoms with E-state index in [1.807, 2.05) is 0 Å². The van der Waals surface area contributed by atoms with Crippen molar-refractivity contribution in [2.75, 3.05) is 30.7 Å². The predicted octanol–water partition coefficient (Wildman–Crippen LogP) is 1.43. The first-order chi connectivity index (χ1) is 9.60. The maximum atomic E-state index is 11.5. The molecule has 0 fully saturated rings. The van der Waals surface area contributed by atoms with Crippen molar-refractivity contribution in [2.24, 2.45) is 0 Å². The fraction of sp³-hybridized carbons (Fsp3) is 0.364. The fourth-order valence-electron chi connectivity index (χ4n) is 1.30. The lowest BCUT2D eigenvalue weighted by Crippen LogP contribution is -2.37. The Kier molecular flexibility index (Phi) is 6.54. The van der Waals surface area contributed by atoms with Crippen LogP contribution in [0.5, 0.6) is 5.75 Å². The molecule has 0 unspecified atom stereocenters. The minimum Gasteiger partial charge on any atom is -0.491 e. The van der Waals surface area contributed by atoms with Crippen LogP contribution in [0.1, 0.15) is 0 Å². The van der Waals surface area contributed by atoms with Crippen LogP contribution < -0.4 is 9.75 Å². The summed E-state index contributed by atoms with van der Waals surface area (Å²) >= 11 is 5.34. The molecule has 9 heteroatoms. The van der Waals surface area contributed by atoms with E-state index in [1.54, 1.807) is 0 Å². The van der Waals surface area contributed by atoms with E-state index in [9.17, 15) is 14.9 Å². The molecule has 0 bridgehead atoms. The number of alkyl halides is 1. The van der Waals surface area contributed by atoms with Gasteiger partial charge in [-0.3, -0.25) is 0 Å². The number of rotatable bonds is 7. The first kappa shape index (κ1) is 16.0. The Labute approximate surface area is 119 Å². The summed E-state index contributed by atoms with van der Waals surface area (Å²) in [6.07, 6.45) is -1.13. The molecule has 0 aliphatic carbocycles. The maximum absolute atomic E-state index is 11.5. The van der Waals surface area contributed by atoms with E-state index in [0.717, 1.165) is 0 Å². The number of hydrogen-bond donors (Lipinski definition) is 1. The van der Waals surface area contributed by atoms with E-state index in [1.165, 1.54) is 24.3 Å². The summed E-state index contributed by atoms with van der Waals surface area (Å²) in [6.45, 7) is -0.161. The van der Waals surface area contributed by atoms with Gasteiger partial charge in [-0.1, -0.05) is 0 Å². The Morgan fingerprint density at radius 3 is 2.50 bits per heavy atom. The summed E-state index contributed by atoms with van der Waals surface area (Å²) in [7, 11) is 0. The summed E-state index contributed by atoms with van der Waals surface area (Å²) in [5.41, 5.74) is 0.0194. The average molecular weight is 305 g/mol. The molecule has 0 heterocycles. The van der Waals surface area contributed by atoms with Crippen LogP contribution in [-0.4, -0.2) is 41.9 Å². The lowest BCUT2D eigenvalue weighted by atomic mass is 10.3. The van der Waals surface area contributed by atoms with Crippen LogP contribution >= 0.6 is 11.6 Å². The minimum atomic E-state index is -1.13. The van der Waals surface area contributed by atoms with Crippen molar-refractivity contribution in [2.45, 2.75) is 0 Å². The number of benzene rings is 1. The Balaban J connectivity index is 2.81. The molecule has 0 spiro atoms. The molecule has 1 aromatic carbocycles. The lowest BCUT2D eigenvalue weighted by molar-refractivity contribution is -0.483. The molecule has 1 N–H and O–H groups in total. The lowest BCUT2D eigenvalue weighted by Gasteiger charge is -2.12. The number of aliphatic hydroxyl groups is 1. The normalized spacial score (nSPS) is 9.90. The summed E-state index contributed by atoms with van der Waals surface area (Å²) in [6, 6.07) is 5.54. The van der Waals surface area contributed by atoms with Crippen molar-refractivity contribution in [3.63, 3.8) is 0 Å². The highest BCUT2D eigenvalue weighted by Crippen LogP contribution is 2.20. The third-order valence-electron chi connectivity index (χ3n) is 2.08. The zero-order valence-corrected chi connectivity index (χ0v) is 11.2. The first-order valence-electron chi connectivity index (χ1n) is 5.61. The van der Waals surface area contributed by atoms with Crippen LogP contribution in [0.3, 0.4) is 0 Å². The topological polar surface area (TPSA) is 102 Å². The van der Waals surface area contributed by atoms with Gasteiger partial charge in [0.25, 0.3) is 0 Å². The van der Waals surface area contributed by atoms with Gasteiger partial charge < -0.3 is 14.6 Å². The smallest absolute Gasteiger partial charge is 0.473 e. The Morgan fingerprint density at radius 1 is 1.35 bits per heavy atom. The van der Waals surface area contributed by atoms with Crippen molar-refractivity contribution >= 4 is 23.4 Å². The van der Waals surface area contributed by atoms with E-state index in [0.29, 0.717) is 5.75 Å². The molecule has 0 atom stereocenters. The third kappa shape index (κ3) is 4.56. The van der Waals surface area contributed by atoms with Gasteiger partial charge in [-0.15, -0.1) is 11.6 Å². The second-order valence-corrected chi connectivity index (χ2v) is 3.80. The first-order valence-corrected chi connectivity index (χ1v) is 6.14. The highest BCUT2D eigenvalue weighted by atomic mass is 35.5. The summed E-state index contributed by atoms with van der Waals surface area (Å²) < 4.78 is 9.72. The number of halogens is 1. The molecule has 0 saturated heterocycles. The monoisotopic (exact) mass is 304 g/mol. The van der Waals surface area contributed by atoms with Gasteiger partial charge in [-0.05, 0) is 24.3 Å². The highest BCUT2D eigenvalue weighted by molar-refractivity contribution is 6.18. The Morgan fingerprint density at radius 2 is 2.00 bits per heavy atom. The maximum Gasteiger partial charge on any atom is 0.473 e. The molecule has 20 heavy (non-hydrogen) atoms. The number of hydrogen-bond acceptors (Lipinski definition) is 6. The zero-order valence-electron chi connectivity index (χ0n) is 10.4. The summed E-state index contributed by atoms with van der Waals surface area (Å²) in [4.78, 5) is 22.4. The number of hydrazine groups is 1. The molecular weight excluding hydrogens is 292 g/mol. The van der Waals surface area contributed by atoms with Gasteiger partial charge in [0, 0.05) is 5.01 Å². The molecule has 0 aliphatic heterocycles. The Hall–Kier alpha value is -2.06. The molecule has 1 rings (SSSR count). The standard InChI is InChI=1S/C11H13ClN2O6/c12-5-7-20-11(16)13(14(17)18)9-1-3-10(4-2-9)19-8-6-15/h1-4,15H,5-8H2. The van der Waals surface area contributed by atoms with E-state index < -0.39 is 11.1 Å². The van der Waals surface area contributed by atoms with Crippen molar-refractivity contribution in [3.8, 4) is 5.75 Å². The van der Waals surface area contributed by atoms with Crippen LogP contribution in [-0.2, 0) is 4.74 Å². The second-order valence-electron chi connectivity index (χ2n) is 3.42. The van der Waals surface area contributed by atoms with Gasteiger partial charge in [0.15, 0.2) is 5.03 Å². The summed E-state index contributed by atoms with van der Waals surface area (Å²) in [5, 5.41) is 18.9. The van der Waals surface area contributed by atoms with Gasteiger partial charge in [-0.25, -0.2) is 14.9 Å². The van der Waals surface area contributed by atoms with Crippen molar-refractivity contribution in [3.05, 3.63) is 34.4 Å². The highest BCUT2D eigenvalue weighted by Gasteiger charge is 2.28. The van der Waals surface area contributed by atoms with Crippen molar-refractivity contribution in [1.29, 1.82) is 0 Å². The number of nitro groups is 1. The van der Waals surface area contributed by atoms with Crippen molar-refractivity contribution in [1.82, 2.24) is 0 Å². The molecule has 0 aliphatic rings.